The summed E-state index contributed by atoms with van der Waals surface area (Å²) >= 11 is 0. The predicted octanol–water partition coefficient (Wildman–Crippen LogP) is 3.80. The van der Waals surface area contributed by atoms with Gasteiger partial charge in [0.05, 0.1) is 12.1 Å². The highest BCUT2D eigenvalue weighted by atomic mass is 16.3. The van der Waals surface area contributed by atoms with Crippen molar-refractivity contribution in [2.75, 3.05) is 0 Å². The summed E-state index contributed by atoms with van der Waals surface area (Å²) in [6, 6.07) is 5.48. The zero-order valence-electron chi connectivity index (χ0n) is 13.5. The van der Waals surface area contributed by atoms with E-state index >= 15 is 0 Å². The van der Waals surface area contributed by atoms with Crippen LogP contribution in [0, 0.1) is 13.8 Å². The molecule has 0 saturated heterocycles. The second kappa shape index (κ2) is 7.11. The van der Waals surface area contributed by atoms with Crippen LogP contribution in [-0.4, -0.2) is 11.0 Å². The van der Waals surface area contributed by atoms with Crippen molar-refractivity contribution in [1.82, 2.24) is 15.6 Å². The van der Waals surface area contributed by atoms with Crippen LogP contribution in [-0.2, 0) is 0 Å². The van der Waals surface area contributed by atoms with Crippen LogP contribution in [0.25, 0.3) is 0 Å². The van der Waals surface area contributed by atoms with Crippen molar-refractivity contribution in [3.8, 4) is 0 Å². The first-order valence-electron chi connectivity index (χ1n) is 7.55. The lowest BCUT2D eigenvalue weighted by Crippen LogP contribution is -2.39. The number of hydrogen-bond acceptors (Lipinski definition) is 3. The van der Waals surface area contributed by atoms with Gasteiger partial charge in [-0.15, -0.1) is 0 Å². The molecule has 0 saturated carbocycles. The quantitative estimate of drug-likeness (QED) is 0.882. The minimum absolute atomic E-state index is 0.0256. The number of nitrogens with zero attached hydrogens (tertiary/aromatic N) is 1. The van der Waals surface area contributed by atoms with E-state index < -0.39 is 0 Å². The number of carbonyl (C=O) groups is 1. The number of furan rings is 1. The number of amides is 2. The van der Waals surface area contributed by atoms with Gasteiger partial charge >= 0.3 is 6.03 Å². The second-order valence-electron chi connectivity index (χ2n) is 5.45. The van der Waals surface area contributed by atoms with Crippen molar-refractivity contribution >= 4 is 6.03 Å². The molecule has 0 radical (unpaired) electrons. The van der Waals surface area contributed by atoms with E-state index in [9.17, 15) is 4.79 Å². The van der Waals surface area contributed by atoms with E-state index in [4.69, 9.17) is 4.42 Å². The van der Waals surface area contributed by atoms with Crippen molar-refractivity contribution in [3.05, 3.63) is 53.2 Å². The number of carbonyl (C=O) groups excluding carboxylic acids is 1. The summed E-state index contributed by atoms with van der Waals surface area (Å²) in [4.78, 5) is 16.2. The first-order valence-corrected chi connectivity index (χ1v) is 7.55. The molecule has 0 aliphatic heterocycles. The molecule has 0 aromatic carbocycles. The summed E-state index contributed by atoms with van der Waals surface area (Å²) in [5, 5.41) is 5.96. The van der Waals surface area contributed by atoms with Crippen LogP contribution >= 0.6 is 0 Å². The molecule has 0 aliphatic rings. The number of aromatic nitrogens is 1. The maximum Gasteiger partial charge on any atom is 0.315 e. The van der Waals surface area contributed by atoms with Crippen LogP contribution in [0.4, 0.5) is 4.79 Å². The number of rotatable bonds is 5. The van der Waals surface area contributed by atoms with Gasteiger partial charge in [0.25, 0.3) is 0 Å². The van der Waals surface area contributed by atoms with E-state index in [-0.39, 0.29) is 18.1 Å². The molecular formula is C17H23N3O2. The Kier molecular flexibility index (Phi) is 5.20. The molecule has 0 spiro atoms. The topological polar surface area (TPSA) is 67.2 Å². The molecule has 22 heavy (non-hydrogen) atoms. The van der Waals surface area contributed by atoms with Gasteiger partial charge in [0.2, 0.25) is 0 Å². The number of urea groups is 1. The average molecular weight is 301 g/mol. The maximum absolute atomic E-state index is 12.2. The Morgan fingerprint density at radius 3 is 2.50 bits per heavy atom. The Morgan fingerprint density at radius 2 is 1.95 bits per heavy atom. The van der Waals surface area contributed by atoms with E-state index in [1.165, 1.54) is 0 Å². The molecule has 2 aromatic heterocycles. The molecule has 0 unspecified atom stereocenters. The summed E-state index contributed by atoms with van der Waals surface area (Å²) in [5.41, 5.74) is 2.06. The summed E-state index contributed by atoms with van der Waals surface area (Å²) in [6.45, 7) is 7.80. The predicted molar refractivity (Wildman–Crippen MR) is 85.5 cm³/mol. The van der Waals surface area contributed by atoms with Gasteiger partial charge in [0, 0.05) is 18.0 Å². The second-order valence-corrected chi connectivity index (χ2v) is 5.45. The van der Waals surface area contributed by atoms with E-state index in [0.29, 0.717) is 0 Å². The maximum atomic E-state index is 12.2. The lowest BCUT2D eigenvalue weighted by molar-refractivity contribution is 0.233. The highest BCUT2D eigenvalue weighted by Gasteiger charge is 2.17. The van der Waals surface area contributed by atoms with Gasteiger partial charge in [-0.2, -0.15) is 0 Å². The highest BCUT2D eigenvalue weighted by Crippen LogP contribution is 2.21. The zero-order valence-corrected chi connectivity index (χ0v) is 13.5. The fraction of sp³-hybridized carbons (Fsp3) is 0.412. The van der Waals surface area contributed by atoms with Gasteiger partial charge in [-0.25, -0.2) is 4.79 Å². The molecule has 2 atom stereocenters. The number of pyridine rings is 1. The summed E-state index contributed by atoms with van der Waals surface area (Å²) in [6.07, 6.45) is 4.28. The fourth-order valence-corrected chi connectivity index (χ4v) is 2.57. The highest BCUT2D eigenvalue weighted by molar-refractivity contribution is 5.75. The van der Waals surface area contributed by atoms with E-state index in [0.717, 1.165) is 29.1 Å². The Morgan fingerprint density at radius 1 is 1.27 bits per heavy atom. The largest absolute Gasteiger partial charge is 0.466 e. The van der Waals surface area contributed by atoms with E-state index in [1.807, 2.05) is 45.9 Å². The van der Waals surface area contributed by atoms with Crippen molar-refractivity contribution in [2.24, 2.45) is 0 Å². The molecule has 0 bridgehead atoms. The van der Waals surface area contributed by atoms with Crippen LogP contribution in [0.1, 0.15) is 55.0 Å². The zero-order chi connectivity index (χ0) is 16.1. The molecule has 5 heteroatoms. The van der Waals surface area contributed by atoms with Gasteiger partial charge in [-0.1, -0.05) is 6.92 Å². The van der Waals surface area contributed by atoms with Crippen molar-refractivity contribution in [3.63, 3.8) is 0 Å². The van der Waals surface area contributed by atoms with Gasteiger partial charge < -0.3 is 15.1 Å². The first-order chi connectivity index (χ1) is 10.5. The third-order valence-electron chi connectivity index (χ3n) is 3.72. The summed E-state index contributed by atoms with van der Waals surface area (Å²) < 4.78 is 5.51. The fourth-order valence-electron chi connectivity index (χ4n) is 2.57. The molecule has 0 fully saturated rings. The molecule has 118 valence electrons. The van der Waals surface area contributed by atoms with Gasteiger partial charge in [-0.05, 0) is 51.0 Å². The Bertz CT molecular complexity index is 622. The molecule has 0 aliphatic carbocycles. The molecule has 2 amide bonds. The molecule has 5 nitrogen and oxygen atoms in total. The molecule has 2 aromatic rings. The smallest absolute Gasteiger partial charge is 0.315 e. The molecule has 2 N–H and O–H groups in total. The van der Waals surface area contributed by atoms with Crippen molar-refractivity contribution in [2.45, 2.75) is 46.2 Å². The number of hydrogen-bond donors (Lipinski definition) is 2. The molecule has 2 heterocycles. The minimum Gasteiger partial charge on any atom is -0.466 e. The molecular weight excluding hydrogens is 278 g/mol. The molecule has 2 rings (SSSR count). The lowest BCUT2D eigenvalue weighted by Gasteiger charge is -2.20. The average Bonchev–Trinajstić information content (AvgIpc) is 2.84. The first kappa shape index (κ1) is 16.1. The van der Waals surface area contributed by atoms with E-state index in [1.54, 1.807) is 12.4 Å². The van der Waals surface area contributed by atoms with Crippen molar-refractivity contribution in [1.29, 1.82) is 0 Å². The summed E-state index contributed by atoms with van der Waals surface area (Å²) in [7, 11) is 0. The standard InChI is InChI=1S/C17H23N3O2/c1-5-16(14-6-8-18-9-7-14)20-17(21)19-12(3)15-10-11(2)22-13(15)4/h6-10,12,16H,5H2,1-4H3,(H2,19,20,21)/t12-,16-/m0/s1. The van der Waals surface area contributed by atoms with Crippen molar-refractivity contribution < 1.29 is 9.21 Å². The van der Waals surface area contributed by atoms with Gasteiger partial charge in [0.1, 0.15) is 11.5 Å². The van der Waals surface area contributed by atoms with Crippen LogP contribution in [0.2, 0.25) is 0 Å². The van der Waals surface area contributed by atoms with Crippen LogP contribution in [0.5, 0.6) is 0 Å². The Labute approximate surface area is 131 Å². The third-order valence-corrected chi connectivity index (χ3v) is 3.72. The Balaban J connectivity index is 1.98. The normalized spacial score (nSPS) is 13.5. The van der Waals surface area contributed by atoms with Gasteiger partial charge in [-0.3, -0.25) is 4.98 Å². The Hall–Kier alpha value is -2.30. The van der Waals surface area contributed by atoms with E-state index in [2.05, 4.69) is 15.6 Å². The van der Waals surface area contributed by atoms with Crippen LogP contribution < -0.4 is 10.6 Å². The third kappa shape index (κ3) is 3.87. The lowest BCUT2D eigenvalue weighted by atomic mass is 10.1. The summed E-state index contributed by atoms with van der Waals surface area (Å²) in [5.74, 6) is 1.69. The van der Waals surface area contributed by atoms with Crippen LogP contribution in [0.3, 0.4) is 0 Å². The number of aryl methyl sites for hydroxylation is 2. The SMILES string of the molecule is CC[C@H](NC(=O)N[C@@H](C)c1cc(C)oc1C)c1ccncc1. The number of nitrogens with one attached hydrogen (secondary N) is 2. The monoisotopic (exact) mass is 301 g/mol. The minimum atomic E-state index is -0.186. The van der Waals surface area contributed by atoms with Crippen LogP contribution in [0.15, 0.2) is 35.0 Å². The van der Waals surface area contributed by atoms with Gasteiger partial charge in [0.15, 0.2) is 0 Å².